The molecule has 5 nitrogen and oxygen atoms in total. The van der Waals surface area contributed by atoms with Crippen LogP contribution in [0.3, 0.4) is 0 Å². The van der Waals surface area contributed by atoms with Gasteiger partial charge in [-0.1, -0.05) is 12.1 Å². The molecule has 0 saturated carbocycles. The van der Waals surface area contributed by atoms with Crippen molar-refractivity contribution < 1.29 is 9.84 Å². The number of H-pyrrole nitrogens is 1. The molecule has 0 amide bonds. The highest BCUT2D eigenvalue weighted by Gasteiger charge is 2.24. The summed E-state index contributed by atoms with van der Waals surface area (Å²) in [6.45, 7) is 6.10. The van der Waals surface area contributed by atoms with Crippen LogP contribution >= 0.6 is 0 Å². The zero-order chi connectivity index (χ0) is 17.4. The second-order valence-electron chi connectivity index (χ2n) is 6.07. The zero-order valence-corrected chi connectivity index (χ0v) is 14.4. The number of aliphatic hydroxyl groups is 1. The van der Waals surface area contributed by atoms with Gasteiger partial charge in [0.25, 0.3) is 0 Å². The molecule has 0 aliphatic carbocycles. The van der Waals surface area contributed by atoms with Crippen molar-refractivity contribution in [3.05, 3.63) is 53.9 Å². The lowest BCUT2D eigenvalue weighted by Gasteiger charge is -2.26. The van der Waals surface area contributed by atoms with Crippen LogP contribution in [0.4, 0.5) is 5.69 Å². The quantitative estimate of drug-likeness (QED) is 0.764. The number of hydrogen-bond acceptors (Lipinski definition) is 4. The summed E-state index contributed by atoms with van der Waals surface area (Å²) in [5.74, 6) is 1.32. The van der Waals surface area contributed by atoms with Crippen LogP contribution in [0.15, 0.2) is 42.5 Å². The van der Waals surface area contributed by atoms with Crippen molar-refractivity contribution in [2.24, 2.45) is 0 Å². The summed E-state index contributed by atoms with van der Waals surface area (Å²) in [4.78, 5) is 10.1. The van der Waals surface area contributed by atoms with Crippen molar-refractivity contribution in [3.63, 3.8) is 0 Å². The van der Waals surface area contributed by atoms with E-state index < -0.39 is 6.29 Å². The van der Waals surface area contributed by atoms with Crippen LogP contribution in [0.1, 0.15) is 25.2 Å². The van der Waals surface area contributed by atoms with Crippen molar-refractivity contribution in [1.82, 2.24) is 9.97 Å². The molecule has 1 aromatic heterocycles. The molecule has 0 radical (unpaired) electrons. The maximum Gasteiger partial charge on any atom is 0.227 e. The summed E-state index contributed by atoms with van der Waals surface area (Å²) < 4.78 is 5.78. The van der Waals surface area contributed by atoms with Crippen LogP contribution in [0.2, 0.25) is 0 Å². The van der Waals surface area contributed by atoms with Gasteiger partial charge in [0.2, 0.25) is 6.29 Å². The number of fused-ring (bicyclic) bond motifs is 2. The number of hydrogen-bond donors (Lipinski definition) is 2. The molecule has 0 fully saturated rings. The number of anilines is 1. The van der Waals surface area contributed by atoms with Gasteiger partial charge in [-0.15, -0.1) is 0 Å². The van der Waals surface area contributed by atoms with E-state index in [0.29, 0.717) is 17.1 Å². The monoisotopic (exact) mass is 335 g/mol. The smallest absolute Gasteiger partial charge is 0.227 e. The fourth-order valence-corrected chi connectivity index (χ4v) is 3.23. The maximum atomic E-state index is 10.5. The molecule has 128 valence electrons. The number of benzene rings is 2. The third kappa shape index (κ3) is 2.76. The fraction of sp³-hybridized carbons (Fsp3) is 0.250. The Balaban J connectivity index is 1.74. The molecule has 1 atom stereocenters. The SMILES string of the molecule is CCN(CC)c1ccc2c(c1)OC(O)C(c1nc3ccccc3[nH]1)=C2. The Bertz CT molecular complexity index is 908. The fourth-order valence-electron chi connectivity index (χ4n) is 3.23. The topological polar surface area (TPSA) is 61.4 Å². The van der Waals surface area contributed by atoms with Crippen LogP contribution in [-0.2, 0) is 0 Å². The van der Waals surface area contributed by atoms with E-state index in [-0.39, 0.29) is 0 Å². The Morgan fingerprint density at radius 2 is 1.96 bits per heavy atom. The summed E-state index contributed by atoms with van der Waals surface area (Å²) in [6.07, 6.45) is 0.896. The Hall–Kier alpha value is -2.79. The lowest BCUT2D eigenvalue weighted by atomic mass is 10.0. The number of para-hydroxylation sites is 2. The maximum absolute atomic E-state index is 10.5. The number of aromatic amines is 1. The number of imidazole rings is 1. The van der Waals surface area contributed by atoms with Gasteiger partial charge in [0.05, 0.1) is 16.6 Å². The first-order valence-corrected chi connectivity index (χ1v) is 8.60. The molecule has 2 aromatic carbocycles. The second kappa shape index (κ2) is 6.26. The van der Waals surface area contributed by atoms with E-state index in [4.69, 9.17) is 4.74 Å². The van der Waals surface area contributed by atoms with Crippen LogP contribution in [0.25, 0.3) is 22.7 Å². The van der Waals surface area contributed by atoms with Crippen LogP contribution in [-0.4, -0.2) is 34.5 Å². The van der Waals surface area contributed by atoms with Gasteiger partial charge in [0.1, 0.15) is 11.6 Å². The lowest BCUT2D eigenvalue weighted by molar-refractivity contribution is 0.0316. The highest BCUT2D eigenvalue weighted by Crippen LogP contribution is 2.35. The van der Waals surface area contributed by atoms with E-state index in [1.54, 1.807) is 0 Å². The Morgan fingerprint density at radius 1 is 1.16 bits per heavy atom. The van der Waals surface area contributed by atoms with Gasteiger partial charge >= 0.3 is 0 Å². The molecule has 2 N–H and O–H groups in total. The van der Waals surface area contributed by atoms with Crippen molar-refractivity contribution in [1.29, 1.82) is 0 Å². The van der Waals surface area contributed by atoms with Gasteiger partial charge in [-0.3, -0.25) is 0 Å². The van der Waals surface area contributed by atoms with E-state index in [0.717, 1.165) is 35.4 Å². The minimum Gasteiger partial charge on any atom is -0.460 e. The molecule has 0 bridgehead atoms. The summed E-state index contributed by atoms with van der Waals surface area (Å²) in [5, 5.41) is 10.5. The average molecular weight is 335 g/mol. The zero-order valence-electron chi connectivity index (χ0n) is 14.4. The standard InChI is InChI=1S/C20H21N3O2/c1-3-23(4-2)14-10-9-13-11-15(20(24)25-18(13)12-14)19-21-16-7-5-6-8-17(16)22-19/h5-12,20,24H,3-4H2,1-2H3,(H,21,22). The Morgan fingerprint density at radius 3 is 2.72 bits per heavy atom. The number of nitrogens with one attached hydrogen (secondary N) is 1. The van der Waals surface area contributed by atoms with Crippen LogP contribution < -0.4 is 9.64 Å². The molecule has 0 spiro atoms. The second-order valence-corrected chi connectivity index (χ2v) is 6.07. The molecule has 1 aliphatic rings. The third-order valence-electron chi connectivity index (χ3n) is 4.60. The van der Waals surface area contributed by atoms with Gasteiger partial charge in [-0.25, -0.2) is 4.98 Å². The highest BCUT2D eigenvalue weighted by molar-refractivity contribution is 5.88. The average Bonchev–Trinajstić information content (AvgIpc) is 3.06. The minimum atomic E-state index is -1.04. The van der Waals surface area contributed by atoms with E-state index in [1.807, 2.05) is 42.5 Å². The van der Waals surface area contributed by atoms with E-state index in [9.17, 15) is 5.11 Å². The number of ether oxygens (including phenoxy) is 1. The van der Waals surface area contributed by atoms with Crippen molar-refractivity contribution in [2.45, 2.75) is 20.1 Å². The Kier molecular flexibility index (Phi) is 3.93. The van der Waals surface area contributed by atoms with E-state index in [2.05, 4.69) is 34.8 Å². The van der Waals surface area contributed by atoms with Crippen LogP contribution in [0.5, 0.6) is 5.75 Å². The van der Waals surface area contributed by atoms with Gasteiger partial charge < -0.3 is 19.7 Å². The number of aliphatic hydroxyl groups excluding tert-OH is 1. The molecule has 4 rings (SSSR count). The number of rotatable bonds is 4. The van der Waals surface area contributed by atoms with Crippen molar-refractivity contribution >= 4 is 28.4 Å². The first-order valence-electron chi connectivity index (χ1n) is 8.60. The molecule has 1 aliphatic heterocycles. The minimum absolute atomic E-state index is 0.632. The Labute approximate surface area is 146 Å². The first-order chi connectivity index (χ1) is 12.2. The molecular formula is C20H21N3O2. The summed E-state index contributed by atoms with van der Waals surface area (Å²) >= 11 is 0. The van der Waals surface area contributed by atoms with E-state index in [1.165, 1.54) is 0 Å². The van der Waals surface area contributed by atoms with E-state index >= 15 is 0 Å². The van der Waals surface area contributed by atoms with Crippen molar-refractivity contribution in [2.75, 3.05) is 18.0 Å². The molecule has 25 heavy (non-hydrogen) atoms. The molecule has 5 heteroatoms. The molecule has 2 heterocycles. The first kappa shape index (κ1) is 15.7. The van der Waals surface area contributed by atoms with Crippen LogP contribution in [0, 0.1) is 0 Å². The normalized spacial score (nSPS) is 16.3. The van der Waals surface area contributed by atoms with Crippen molar-refractivity contribution in [3.8, 4) is 5.75 Å². The highest BCUT2D eigenvalue weighted by atomic mass is 16.6. The van der Waals surface area contributed by atoms with Gasteiger partial charge in [0, 0.05) is 30.4 Å². The van der Waals surface area contributed by atoms with Gasteiger partial charge in [0.15, 0.2) is 0 Å². The predicted octanol–water partition coefficient (Wildman–Crippen LogP) is 3.66. The number of nitrogens with zero attached hydrogens (tertiary/aromatic N) is 2. The third-order valence-corrected chi connectivity index (χ3v) is 4.60. The molecule has 1 unspecified atom stereocenters. The molecule has 3 aromatic rings. The lowest BCUT2D eigenvalue weighted by Crippen LogP contribution is -2.24. The summed E-state index contributed by atoms with van der Waals surface area (Å²) in [6, 6.07) is 13.9. The molecular weight excluding hydrogens is 314 g/mol. The predicted molar refractivity (Wildman–Crippen MR) is 101 cm³/mol. The summed E-state index contributed by atoms with van der Waals surface area (Å²) in [7, 11) is 0. The largest absolute Gasteiger partial charge is 0.460 e. The van der Waals surface area contributed by atoms with Gasteiger partial charge in [-0.2, -0.15) is 0 Å². The summed E-state index contributed by atoms with van der Waals surface area (Å²) in [5.41, 5.74) is 4.48. The molecule has 0 saturated heterocycles. The van der Waals surface area contributed by atoms with Gasteiger partial charge in [-0.05, 0) is 44.2 Å². The number of aromatic nitrogens is 2.